The van der Waals surface area contributed by atoms with Crippen LogP contribution in [0.3, 0.4) is 0 Å². The Kier molecular flexibility index (Phi) is 4.58. The summed E-state index contributed by atoms with van der Waals surface area (Å²) in [6.45, 7) is 1.65. The van der Waals surface area contributed by atoms with Gasteiger partial charge >= 0.3 is 22.4 Å². The van der Waals surface area contributed by atoms with Crippen LogP contribution in [-0.2, 0) is 32.4 Å². The van der Waals surface area contributed by atoms with Gasteiger partial charge in [-0.3, -0.25) is 5.16 Å². The molecule has 0 bridgehead atoms. The summed E-state index contributed by atoms with van der Waals surface area (Å²) >= 11 is 0. The van der Waals surface area contributed by atoms with Gasteiger partial charge < -0.3 is 15.0 Å². The van der Waals surface area contributed by atoms with Gasteiger partial charge in [0.2, 0.25) is 10.0 Å². The van der Waals surface area contributed by atoms with Gasteiger partial charge in [-0.05, 0) is 43.1 Å². The maximum absolute atomic E-state index is 11.8. The Balaban J connectivity index is 0.00000162. The van der Waals surface area contributed by atoms with Crippen molar-refractivity contribution in [3.8, 4) is 0 Å². The van der Waals surface area contributed by atoms with Gasteiger partial charge in [0.25, 0.3) is 0 Å². The minimum atomic E-state index is -3.77. The number of sulfonamides is 1. The summed E-state index contributed by atoms with van der Waals surface area (Å²) in [5.74, 6) is 0.524. The molecule has 6 nitrogen and oxygen atoms in total. The number of nitrogen functional groups attached to an aromatic ring is 1. The minimum absolute atomic E-state index is 0. The predicted molar refractivity (Wildman–Crippen MR) is 62.3 cm³/mol. The Labute approximate surface area is 120 Å². The zero-order chi connectivity index (χ0) is 12.5. The van der Waals surface area contributed by atoms with Crippen LogP contribution in [0.2, 0.25) is 0 Å². The van der Waals surface area contributed by atoms with Crippen molar-refractivity contribution in [3.05, 3.63) is 40.8 Å². The van der Waals surface area contributed by atoms with Crippen LogP contribution in [0.5, 0.6) is 0 Å². The smallest absolute Gasteiger partial charge is 0.460 e. The molecule has 1 aromatic carbocycles. The molecule has 2 rings (SSSR count). The number of nitrogens with two attached hydrogens (primary N) is 1. The number of aromatic nitrogens is 1. The summed E-state index contributed by atoms with van der Waals surface area (Å²) < 4.78 is 31.9. The van der Waals surface area contributed by atoms with Crippen molar-refractivity contribution in [2.75, 3.05) is 5.73 Å². The Hall–Kier alpha value is -1.28. The third kappa shape index (κ3) is 3.36. The first-order valence-corrected chi connectivity index (χ1v) is 6.18. The Morgan fingerprint density at radius 1 is 1.28 bits per heavy atom. The topological polar surface area (TPSA) is 100 Å². The quantitative estimate of drug-likeness (QED) is 0.666. The normalized spacial score (nSPS) is 10.7. The van der Waals surface area contributed by atoms with E-state index >= 15 is 0 Å². The zero-order valence-corrected chi connectivity index (χ0v) is 11.6. The average molecular weight is 360 g/mol. The van der Waals surface area contributed by atoms with Crippen LogP contribution in [0.1, 0.15) is 5.76 Å². The first-order chi connectivity index (χ1) is 7.97. The first-order valence-electron chi connectivity index (χ1n) is 4.74. The van der Waals surface area contributed by atoms with E-state index in [9.17, 15) is 8.42 Å². The molecule has 0 radical (unpaired) electrons. The number of benzene rings is 1. The van der Waals surface area contributed by atoms with E-state index in [1.54, 1.807) is 6.92 Å². The van der Waals surface area contributed by atoms with Crippen molar-refractivity contribution < 1.29 is 35.3 Å². The summed E-state index contributed by atoms with van der Waals surface area (Å²) in [4.78, 5) is 0.0624. The maximum atomic E-state index is 11.8. The molecule has 1 aromatic heterocycles. The monoisotopic (exact) mass is 359 g/mol. The standard InChI is InChI=1S/C10H10N3O3S.Ag/c1-7-6-10(12-16-7)13-17(14,15)9-4-2-8(11)3-5-9;/h2-6H,11H2,1H3;/q-1;+1. The molecule has 0 aliphatic heterocycles. The van der Waals surface area contributed by atoms with Gasteiger partial charge in [-0.25, -0.2) is 8.42 Å². The third-order valence-corrected chi connectivity index (χ3v) is 3.30. The molecule has 2 N–H and O–H groups in total. The second-order valence-corrected chi connectivity index (χ2v) is 5.04. The van der Waals surface area contributed by atoms with Crippen molar-refractivity contribution >= 4 is 21.5 Å². The van der Waals surface area contributed by atoms with Gasteiger partial charge in [-0.1, -0.05) is 0 Å². The average Bonchev–Trinajstić information content (AvgIpc) is 2.63. The molecule has 18 heavy (non-hydrogen) atoms. The Morgan fingerprint density at radius 3 is 2.39 bits per heavy atom. The number of aryl methyl sites for hydroxylation is 1. The molecular weight excluding hydrogens is 350 g/mol. The SMILES string of the molecule is Cc1cc([N-]S(=O)(=O)c2ccc(N)cc2)no1.[Ag+]. The van der Waals surface area contributed by atoms with Gasteiger partial charge in [0.15, 0.2) is 0 Å². The molecule has 0 aliphatic carbocycles. The summed E-state index contributed by atoms with van der Waals surface area (Å²) in [6, 6.07) is 7.21. The summed E-state index contributed by atoms with van der Waals surface area (Å²) in [5, 5.41) is 3.50. The molecule has 0 spiro atoms. The third-order valence-electron chi connectivity index (χ3n) is 2.01. The molecule has 2 aromatic rings. The molecule has 0 atom stereocenters. The van der Waals surface area contributed by atoms with Gasteiger partial charge in [-0.2, -0.15) is 0 Å². The molecule has 0 fully saturated rings. The maximum Gasteiger partial charge on any atom is 1.00 e. The fourth-order valence-corrected chi connectivity index (χ4v) is 2.13. The second kappa shape index (κ2) is 5.57. The number of rotatable bonds is 3. The van der Waals surface area contributed by atoms with Crippen LogP contribution in [0.15, 0.2) is 39.8 Å². The second-order valence-electron chi connectivity index (χ2n) is 3.43. The molecule has 0 aliphatic rings. The molecule has 8 heteroatoms. The van der Waals surface area contributed by atoms with Crippen LogP contribution in [0.4, 0.5) is 11.5 Å². The van der Waals surface area contributed by atoms with Gasteiger partial charge in [0, 0.05) is 5.69 Å². The molecule has 100 valence electrons. The van der Waals surface area contributed by atoms with Gasteiger partial charge in [0.1, 0.15) is 5.76 Å². The largest absolute Gasteiger partial charge is 1.00 e. The zero-order valence-electron chi connectivity index (χ0n) is 9.29. The molecule has 0 saturated heterocycles. The first kappa shape index (κ1) is 14.8. The van der Waals surface area contributed by atoms with Crippen LogP contribution >= 0.6 is 0 Å². The van der Waals surface area contributed by atoms with Crippen molar-refractivity contribution in [1.82, 2.24) is 5.16 Å². The summed E-state index contributed by atoms with van der Waals surface area (Å²) in [6.07, 6.45) is 0. The fourth-order valence-electron chi connectivity index (χ4n) is 1.21. The minimum Gasteiger partial charge on any atom is -0.460 e. The number of nitrogens with zero attached hydrogens (tertiary/aromatic N) is 2. The van der Waals surface area contributed by atoms with Crippen LogP contribution in [0, 0.1) is 6.92 Å². The molecule has 0 amide bonds. The molecule has 0 unspecified atom stereocenters. The van der Waals surface area contributed by atoms with Crippen LogP contribution in [0.25, 0.3) is 4.72 Å². The van der Waals surface area contributed by atoms with E-state index < -0.39 is 10.0 Å². The predicted octanol–water partition coefficient (Wildman–Crippen LogP) is 1.96. The van der Waals surface area contributed by atoms with Crippen molar-refractivity contribution in [3.63, 3.8) is 0 Å². The van der Waals surface area contributed by atoms with E-state index in [2.05, 4.69) is 9.88 Å². The van der Waals surface area contributed by atoms with Crippen molar-refractivity contribution in [2.45, 2.75) is 11.8 Å². The molecular formula is C10H10AgN3O3S. The van der Waals surface area contributed by atoms with Crippen LogP contribution in [-0.4, -0.2) is 13.6 Å². The summed E-state index contributed by atoms with van der Waals surface area (Å²) in [5.41, 5.74) is 5.96. The molecule has 1 heterocycles. The number of anilines is 1. The van der Waals surface area contributed by atoms with E-state index in [0.717, 1.165) is 0 Å². The Bertz CT molecular complexity index is 622. The van der Waals surface area contributed by atoms with E-state index in [0.29, 0.717) is 11.4 Å². The van der Waals surface area contributed by atoms with E-state index in [4.69, 9.17) is 10.3 Å². The number of hydrogen-bond acceptors (Lipinski definition) is 5. The van der Waals surface area contributed by atoms with E-state index in [1.807, 2.05) is 0 Å². The summed E-state index contributed by atoms with van der Waals surface area (Å²) in [7, 11) is -3.77. The van der Waals surface area contributed by atoms with Gasteiger partial charge in [0.05, 0.1) is 4.90 Å². The fraction of sp³-hybridized carbons (Fsp3) is 0.100. The Morgan fingerprint density at radius 2 is 1.89 bits per heavy atom. The van der Waals surface area contributed by atoms with Crippen LogP contribution < -0.4 is 5.73 Å². The number of hydrogen-bond donors (Lipinski definition) is 1. The van der Waals surface area contributed by atoms with Gasteiger partial charge in [-0.15, -0.1) is 0 Å². The van der Waals surface area contributed by atoms with E-state index in [1.165, 1.54) is 30.3 Å². The van der Waals surface area contributed by atoms with Crippen molar-refractivity contribution in [1.29, 1.82) is 0 Å². The van der Waals surface area contributed by atoms with E-state index in [-0.39, 0.29) is 33.1 Å². The molecule has 0 saturated carbocycles. The van der Waals surface area contributed by atoms with Crippen molar-refractivity contribution in [2.24, 2.45) is 0 Å².